The molecule has 3 aromatic carbocycles. The number of aliphatic hydroxyl groups is 1. The molecule has 0 bridgehead atoms. The fourth-order valence-electron chi connectivity index (χ4n) is 5.84. The van der Waals surface area contributed by atoms with Crippen molar-refractivity contribution in [3.63, 3.8) is 0 Å². The van der Waals surface area contributed by atoms with Crippen LogP contribution in [-0.4, -0.2) is 79.5 Å². The van der Waals surface area contributed by atoms with Gasteiger partial charge in [0.05, 0.1) is 27.4 Å². The highest BCUT2D eigenvalue weighted by Crippen LogP contribution is 2.43. The molecule has 0 radical (unpaired) electrons. The van der Waals surface area contributed by atoms with Crippen LogP contribution >= 0.6 is 0 Å². The van der Waals surface area contributed by atoms with Crippen LogP contribution < -0.4 is 20.7 Å². The van der Waals surface area contributed by atoms with E-state index in [9.17, 15) is 41.0 Å². The first kappa shape index (κ1) is 38.5. The van der Waals surface area contributed by atoms with Gasteiger partial charge in [-0.2, -0.15) is 26.3 Å². The topological polar surface area (TPSA) is 130 Å². The zero-order valence-corrected chi connectivity index (χ0v) is 27.6. The first-order chi connectivity index (χ1) is 24.7. The van der Waals surface area contributed by atoms with E-state index in [4.69, 9.17) is 23.7 Å². The van der Waals surface area contributed by atoms with Crippen LogP contribution in [0.4, 0.5) is 26.3 Å². The Kier molecular flexibility index (Phi) is 11.8. The molecule has 1 saturated heterocycles. The first-order valence-electron chi connectivity index (χ1n) is 15.7. The molecule has 280 valence electrons. The minimum atomic E-state index is -5.65. The van der Waals surface area contributed by atoms with Crippen molar-refractivity contribution in [2.75, 3.05) is 34.2 Å². The van der Waals surface area contributed by atoms with Gasteiger partial charge >= 0.3 is 18.0 Å². The molecule has 1 aliphatic heterocycles. The number of halogens is 6. The monoisotopic (exact) mass is 740 g/mol. The molecule has 0 spiro atoms. The lowest BCUT2D eigenvalue weighted by Crippen LogP contribution is -2.42. The lowest BCUT2D eigenvalue weighted by Gasteiger charge is -2.37. The highest BCUT2D eigenvalue weighted by Gasteiger charge is 2.57. The number of nitrogens with one attached hydrogen (secondary N) is 1. The number of aliphatic hydroxyl groups excluding tert-OH is 1. The summed E-state index contributed by atoms with van der Waals surface area (Å²) < 4.78 is 113. The highest BCUT2D eigenvalue weighted by atomic mass is 19.4. The molecule has 1 aliphatic rings. The normalized spacial score (nSPS) is 19.6. The van der Waals surface area contributed by atoms with Gasteiger partial charge in [-0.05, 0) is 41.0 Å². The summed E-state index contributed by atoms with van der Waals surface area (Å²) in [4.78, 5) is 26.6. The molecule has 0 unspecified atom stereocenters. The van der Waals surface area contributed by atoms with Crippen LogP contribution in [0.25, 0.3) is 0 Å². The van der Waals surface area contributed by atoms with E-state index in [0.717, 1.165) is 16.8 Å². The van der Waals surface area contributed by atoms with Gasteiger partial charge in [0.1, 0.15) is 42.2 Å². The Morgan fingerprint density at radius 2 is 1.35 bits per heavy atom. The summed E-state index contributed by atoms with van der Waals surface area (Å²) in [5, 5.41) is 11.5. The molecule has 4 aromatic rings. The van der Waals surface area contributed by atoms with E-state index in [2.05, 4.69) is 4.74 Å². The largest absolute Gasteiger partial charge is 0.497 e. The smallest absolute Gasteiger partial charge is 0.402 e. The van der Waals surface area contributed by atoms with Gasteiger partial charge < -0.3 is 33.5 Å². The quantitative estimate of drug-likeness (QED) is 0.0801. The Hall–Kier alpha value is -4.68. The highest BCUT2D eigenvalue weighted by molar-refractivity contribution is 5.49. The van der Waals surface area contributed by atoms with Crippen molar-refractivity contribution in [3.05, 3.63) is 129 Å². The van der Waals surface area contributed by atoms with E-state index >= 15 is 0 Å². The van der Waals surface area contributed by atoms with Gasteiger partial charge in [-0.3, -0.25) is 14.3 Å². The molecule has 1 fully saturated rings. The Morgan fingerprint density at radius 1 is 0.808 bits per heavy atom. The van der Waals surface area contributed by atoms with Crippen LogP contribution in [0.5, 0.6) is 11.5 Å². The molecule has 1 aromatic heterocycles. The molecule has 0 saturated carbocycles. The predicted octanol–water partition coefficient (Wildman–Crippen LogP) is 4.92. The fraction of sp³-hybridized carbons (Fsp3) is 0.371. The van der Waals surface area contributed by atoms with Crippen molar-refractivity contribution in [1.29, 1.82) is 0 Å². The predicted molar refractivity (Wildman–Crippen MR) is 171 cm³/mol. The summed E-state index contributed by atoms with van der Waals surface area (Å²) >= 11 is 0. The molecule has 17 heteroatoms. The van der Waals surface area contributed by atoms with Gasteiger partial charge in [0.2, 0.25) is 0 Å². The molecule has 52 heavy (non-hydrogen) atoms. The van der Waals surface area contributed by atoms with Gasteiger partial charge in [-0.1, -0.05) is 54.6 Å². The zero-order valence-electron chi connectivity index (χ0n) is 27.6. The third-order valence-corrected chi connectivity index (χ3v) is 8.49. The Balaban J connectivity index is 1.48. The number of nitrogens with zero attached hydrogens (tertiary/aromatic N) is 1. The van der Waals surface area contributed by atoms with Gasteiger partial charge in [-0.25, -0.2) is 4.79 Å². The van der Waals surface area contributed by atoms with Crippen molar-refractivity contribution >= 4 is 0 Å². The summed E-state index contributed by atoms with van der Waals surface area (Å²) in [6.07, 6.45) is -16.4. The van der Waals surface area contributed by atoms with Crippen LogP contribution in [0.3, 0.4) is 0 Å². The van der Waals surface area contributed by atoms with Crippen molar-refractivity contribution in [2.45, 2.75) is 42.5 Å². The van der Waals surface area contributed by atoms with E-state index < -0.39 is 79.7 Å². The van der Waals surface area contributed by atoms with E-state index in [-0.39, 0.29) is 0 Å². The molecule has 4 atom stereocenters. The third kappa shape index (κ3) is 8.34. The fourth-order valence-corrected chi connectivity index (χ4v) is 5.84. The molecule has 11 nitrogen and oxygen atoms in total. The average molecular weight is 741 g/mol. The molecule has 0 amide bonds. The SMILES string of the molecule is COc1ccc(C(OC[C@H]2O[C@@H](n3ccc(=O)[nH]c3=O)[C@H](OCOCC(C(F)(F)F)C(F)(F)F)[C@@H]2O)(c2ccccc2)c2ccc(OC)cc2)cc1. The van der Waals surface area contributed by atoms with Crippen molar-refractivity contribution < 1.29 is 59.9 Å². The molecule has 2 N–H and O–H groups in total. The summed E-state index contributed by atoms with van der Waals surface area (Å²) in [6.45, 7) is -3.38. The second kappa shape index (κ2) is 15.9. The summed E-state index contributed by atoms with van der Waals surface area (Å²) in [7, 11) is 3.02. The number of H-pyrrole nitrogens is 1. The van der Waals surface area contributed by atoms with Gasteiger partial charge in [-0.15, -0.1) is 0 Å². The number of aromatic nitrogens is 2. The molecule has 5 rings (SSSR count). The number of hydrogen-bond acceptors (Lipinski definition) is 9. The number of ether oxygens (including phenoxy) is 6. The number of hydrogen-bond donors (Lipinski definition) is 2. The summed E-state index contributed by atoms with van der Waals surface area (Å²) in [5.41, 5.74) is -1.26. The molecule has 0 aliphatic carbocycles. The Labute approximate surface area is 292 Å². The van der Waals surface area contributed by atoms with Crippen molar-refractivity contribution in [2.24, 2.45) is 5.92 Å². The van der Waals surface area contributed by atoms with Crippen LogP contribution in [0.2, 0.25) is 0 Å². The van der Waals surface area contributed by atoms with Gasteiger partial charge in [0, 0.05) is 12.3 Å². The van der Waals surface area contributed by atoms with E-state index in [1.54, 1.807) is 60.7 Å². The number of benzene rings is 3. The summed E-state index contributed by atoms with van der Waals surface area (Å²) in [6, 6.07) is 24.1. The van der Waals surface area contributed by atoms with Gasteiger partial charge in [0.25, 0.3) is 5.56 Å². The van der Waals surface area contributed by atoms with Crippen molar-refractivity contribution in [1.82, 2.24) is 9.55 Å². The van der Waals surface area contributed by atoms with Crippen LogP contribution in [0.15, 0.2) is 101 Å². The van der Waals surface area contributed by atoms with Crippen LogP contribution in [0.1, 0.15) is 22.9 Å². The lowest BCUT2D eigenvalue weighted by atomic mass is 9.80. The maximum absolute atomic E-state index is 13.0. The Bertz CT molecular complexity index is 1800. The van der Waals surface area contributed by atoms with E-state index in [1.165, 1.54) is 14.2 Å². The standard InChI is InChI=1S/C35H34F6N2O9/c1-47-24-12-8-22(9-13-24)33(21-6-4-3-5-7-21,23-10-14-25(48-2)15-11-23)51-18-26-29(45)30(31(52-26)43-17-16-28(44)42-32(43)46)50-20-49-19-27(34(36,37)38)35(39,40)41/h3-17,26-27,29-31,45H,18-20H2,1-2H3,(H,42,44,46)/t26-,29-,30-,31-/m1/s1. The van der Waals surface area contributed by atoms with E-state index in [0.29, 0.717) is 28.2 Å². The average Bonchev–Trinajstić information content (AvgIpc) is 3.42. The number of aromatic amines is 1. The maximum atomic E-state index is 13.0. The van der Waals surface area contributed by atoms with E-state index in [1.807, 2.05) is 23.2 Å². The third-order valence-electron chi connectivity index (χ3n) is 8.49. The minimum Gasteiger partial charge on any atom is -0.497 e. The first-order valence-corrected chi connectivity index (χ1v) is 15.7. The van der Waals surface area contributed by atoms with Gasteiger partial charge in [0.15, 0.2) is 12.1 Å². The molecule has 2 heterocycles. The summed E-state index contributed by atoms with van der Waals surface area (Å²) in [5.74, 6) is -2.68. The number of methoxy groups -OCH3 is 2. The second-order valence-electron chi connectivity index (χ2n) is 11.6. The van der Waals surface area contributed by atoms with Crippen molar-refractivity contribution in [3.8, 4) is 11.5 Å². The number of alkyl halides is 6. The maximum Gasteiger partial charge on any atom is 0.402 e. The number of rotatable bonds is 14. The Morgan fingerprint density at radius 3 is 1.85 bits per heavy atom. The van der Waals surface area contributed by atoms with Crippen LogP contribution in [-0.2, 0) is 24.5 Å². The van der Waals surface area contributed by atoms with Crippen LogP contribution in [0, 0.1) is 5.92 Å². The molecular weight excluding hydrogens is 706 g/mol. The lowest BCUT2D eigenvalue weighted by molar-refractivity contribution is -0.299. The second-order valence-corrected chi connectivity index (χ2v) is 11.6. The molecular formula is C35H34F6N2O9. The zero-order chi connectivity index (χ0) is 37.7. The minimum absolute atomic E-state index is 0.409.